The normalized spacial score (nSPS) is 18.1. The molecule has 2 heterocycles. The molecule has 0 aromatic heterocycles. The predicted octanol–water partition coefficient (Wildman–Crippen LogP) is 2.08. The van der Waals surface area contributed by atoms with Crippen molar-refractivity contribution in [2.45, 2.75) is 44.9 Å². The van der Waals surface area contributed by atoms with Gasteiger partial charge in [-0.15, -0.1) is 0 Å². The Bertz CT molecular complexity index is 717. The summed E-state index contributed by atoms with van der Waals surface area (Å²) in [5.74, 6) is -0.143. The van der Waals surface area contributed by atoms with Crippen LogP contribution in [0.4, 0.5) is 5.69 Å². The average molecular weight is 370 g/mol. The van der Waals surface area contributed by atoms with Gasteiger partial charge in [-0.3, -0.25) is 14.4 Å². The molecule has 3 rings (SSSR count). The molecule has 1 N–H and O–H groups in total. The molecule has 0 bridgehead atoms. The summed E-state index contributed by atoms with van der Waals surface area (Å²) in [6, 6.07) is 9.11. The van der Waals surface area contributed by atoms with Crippen molar-refractivity contribution < 1.29 is 14.4 Å². The molecular weight excluding hydrogens is 344 g/mol. The van der Waals surface area contributed by atoms with Crippen LogP contribution in [0.2, 0.25) is 0 Å². The first-order valence-electron chi connectivity index (χ1n) is 9.66. The molecule has 0 saturated carbocycles. The molecule has 0 radical (unpaired) electrons. The van der Waals surface area contributed by atoms with E-state index in [1.807, 2.05) is 23.1 Å². The number of carbonyl (C=O) groups excluding carboxylic acids is 3. The van der Waals surface area contributed by atoms with Gasteiger partial charge >= 0.3 is 0 Å². The zero-order chi connectivity index (χ0) is 19.1. The molecular formula is C20H26N4O3. The molecule has 0 atom stereocenters. The molecule has 1 aromatic carbocycles. The van der Waals surface area contributed by atoms with E-state index in [0.717, 1.165) is 25.8 Å². The molecule has 2 aliphatic rings. The van der Waals surface area contributed by atoms with Crippen LogP contribution in [0, 0.1) is 0 Å². The van der Waals surface area contributed by atoms with Crippen LogP contribution in [0.15, 0.2) is 35.4 Å². The van der Waals surface area contributed by atoms with Gasteiger partial charge in [-0.05, 0) is 31.4 Å². The number of likely N-dealkylation sites (tertiary alicyclic amines) is 1. The lowest BCUT2D eigenvalue weighted by atomic mass is 10.1. The number of hydrogen-bond donors (Lipinski definition) is 1. The Kier molecular flexibility index (Phi) is 6.57. The fourth-order valence-electron chi connectivity index (χ4n) is 3.34. The van der Waals surface area contributed by atoms with E-state index in [1.54, 1.807) is 12.1 Å². The van der Waals surface area contributed by atoms with Gasteiger partial charge < -0.3 is 10.2 Å². The Morgan fingerprint density at radius 1 is 1.00 bits per heavy atom. The van der Waals surface area contributed by atoms with E-state index in [2.05, 4.69) is 10.4 Å². The quantitative estimate of drug-likeness (QED) is 0.779. The number of para-hydroxylation sites is 1. The van der Waals surface area contributed by atoms with Gasteiger partial charge in [-0.2, -0.15) is 5.10 Å². The number of rotatable bonds is 6. The number of anilines is 1. The molecule has 0 unspecified atom stereocenters. The van der Waals surface area contributed by atoms with E-state index in [4.69, 9.17) is 0 Å². The highest BCUT2D eigenvalue weighted by Crippen LogP contribution is 2.19. The van der Waals surface area contributed by atoms with Crippen molar-refractivity contribution in [3.63, 3.8) is 0 Å². The van der Waals surface area contributed by atoms with Gasteiger partial charge in [0, 0.05) is 38.9 Å². The first kappa shape index (κ1) is 19.1. The zero-order valence-corrected chi connectivity index (χ0v) is 15.5. The van der Waals surface area contributed by atoms with Gasteiger partial charge in [0.2, 0.25) is 11.8 Å². The summed E-state index contributed by atoms with van der Waals surface area (Å²) in [7, 11) is 0. The van der Waals surface area contributed by atoms with Gasteiger partial charge in [0.25, 0.3) is 5.91 Å². The van der Waals surface area contributed by atoms with Gasteiger partial charge in [0.1, 0.15) is 5.71 Å². The van der Waals surface area contributed by atoms with E-state index in [9.17, 15) is 14.4 Å². The summed E-state index contributed by atoms with van der Waals surface area (Å²) < 4.78 is 0. The van der Waals surface area contributed by atoms with Crippen LogP contribution in [0.5, 0.6) is 0 Å². The highest BCUT2D eigenvalue weighted by Gasteiger charge is 2.25. The molecule has 0 aliphatic carbocycles. The Morgan fingerprint density at radius 3 is 2.63 bits per heavy atom. The summed E-state index contributed by atoms with van der Waals surface area (Å²) in [4.78, 5) is 38.4. The van der Waals surface area contributed by atoms with Gasteiger partial charge in [-0.25, -0.2) is 5.01 Å². The van der Waals surface area contributed by atoms with Crippen LogP contribution in [0.1, 0.15) is 44.9 Å². The third kappa shape index (κ3) is 5.15. The van der Waals surface area contributed by atoms with Crippen LogP contribution in [0.25, 0.3) is 0 Å². The largest absolute Gasteiger partial charge is 0.351 e. The molecule has 144 valence electrons. The maximum absolute atomic E-state index is 12.4. The Hall–Kier alpha value is -2.70. The topological polar surface area (TPSA) is 82.1 Å². The lowest BCUT2D eigenvalue weighted by Gasteiger charge is -2.23. The van der Waals surface area contributed by atoms with Crippen LogP contribution >= 0.6 is 0 Å². The van der Waals surface area contributed by atoms with E-state index in [-0.39, 0.29) is 24.1 Å². The number of amides is 3. The van der Waals surface area contributed by atoms with Crippen molar-refractivity contribution in [1.82, 2.24) is 10.2 Å². The molecule has 7 heteroatoms. The van der Waals surface area contributed by atoms with Gasteiger partial charge in [-0.1, -0.05) is 24.6 Å². The number of nitrogens with one attached hydrogen (secondary N) is 1. The second kappa shape index (κ2) is 9.30. The number of nitrogens with zero attached hydrogens (tertiary/aromatic N) is 3. The number of carbonyl (C=O) groups is 3. The summed E-state index contributed by atoms with van der Waals surface area (Å²) in [5, 5.41) is 8.41. The first-order valence-corrected chi connectivity index (χ1v) is 9.66. The summed E-state index contributed by atoms with van der Waals surface area (Å²) in [6.07, 6.45) is 5.09. The first-order chi connectivity index (χ1) is 13.1. The molecule has 2 aliphatic heterocycles. The standard InChI is InChI=1S/C20H26N4O3/c25-18-10-5-2-6-14-23(18)15-7-13-21-20(27)17-11-12-19(26)24(22-17)16-8-3-1-4-9-16/h1,3-4,8-9H,2,5-7,10-15H2,(H,21,27). The fraction of sp³-hybridized carbons (Fsp3) is 0.500. The fourth-order valence-corrected chi connectivity index (χ4v) is 3.34. The van der Waals surface area contributed by atoms with E-state index >= 15 is 0 Å². The Balaban J connectivity index is 1.50. The minimum Gasteiger partial charge on any atom is -0.351 e. The number of hydrazone groups is 1. The monoisotopic (exact) mass is 370 g/mol. The molecule has 1 saturated heterocycles. The van der Waals surface area contributed by atoms with Crippen molar-refractivity contribution in [2.75, 3.05) is 24.6 Å². The highest BCUT2D eigenvalue weighted by molar-refractivity contribution is 6.40. The smallest absolute Gasteiger partial charge is 0.267 e. The lowest BCUT2D eigenvalue weighted by molar-refractivity contribution is -0.130. The summed E-state index contributed by atoms with van der Waals surface area (Å²) in [6.45, 7) is 1.97. The van der Waals surface area contributed by atoms with E-state index in [1.165, 1.54) is 5.01 Å². The van der Waals surface area contributed by atoms with Gasteiger partial charge in [0.15, 0.2) is 0 Å². The van der Waals surface area contributed by atoms with Gasteiger partial charge in [0.05, 0.1) is 5.69 Å². The third-order valence-corrected chi connectivity index (χ3v) is 4.86. The number of benzene rings is 1. The van der Waals surface area contributed by atoms with Crippen molar-refractivity contribution in [2.24, 2.45) is 5.10 Å². The zero-order valence-electron chi connectivity index (χ0n) is 15.5. The van der Waals surface area contributed by atoms with Crippen LogP contribution < -0.4 is 10.3 Å². The van der Waals surface area contributed by atoms with Crippen LogP contribution in [-0.2, 0) is 14.4 Å². The number of hydrogen-bond acceptors (Lipinski definition) is 4. The van der Waals surface area contributed by atoms with Crippen LogP contribution in [-0.4, -0.2) is 48.0 Å². The second-order valence-corrected chi connectivity index (χ2v) is 6.89. The van der Waals surface area contributed by atoms with Crippen molar-refractivity contribution in [1.29, 1.82) is 0 Å². The maximum atomic E-state index is 12.4. The molecule has 1 aromatic rings. The Morgan fingerprint density at radius 2 is 1.81 bits per heavy atom. The molecule has 7 nitrogen and oxygen atoms in total. The van der Waals surface area contributed by atoms with Crippen molar-refractivity contribution in [3.8, 4) is 0 Å². The van der Waals surface area contributed by atoms with Crippen LogP contribution in [0.3, 0.4) is 0 Å². The Labute approximate surface area is 159 Å². The van der Waals surface area contributed by atoms with E-state index < -0.39 is 0 Å². The summed E-state index contributed by atoms with van der Waals surface area (Å²) in [5.41, 5.74) is 1.02. The molecule has 1 fully saturated rings. The maximum Gasteiger partial charge on any atom is 0.267 e. The third-order valence-electron chi connectivity index (χ3n) is 4.86. The minimum atomic E-state index is -0.245. The lowest BCUT2D eigenvalue weighted by Crippen LogP contribution is -2.40. The van der Waals surface area contributed by atoms with Crippen molar-refractivity contribution in [3.05, 3.63) is 30.3 Å². The molecule has 0 spiro atoms. The predicted molar refractivity (Wildman–Crippen MR) is 103 cm³/mol. The second-order valence-electron chi connectivity index (χ2n) is 6.89. The minimum absolute atomic E-state index is 0.113. The van der Waals surface area contributed by atoms with E-state index in [0.29, 0.717) is 43.8 Å². The molecule has 27 heavy (non-hydrogen) atoms. The highest BCUT2D eigenvalue weighted by atomic mass is 16.2. The SMILES string of the molecule is O=C(NCCCN1CCCCCC1=O)C1=NN(c2ccccc2)C(=O)CC1. The van der Waals surface area contributed by atoms with Crippen molar-refractivity contribution >= 4 is 29.1 Å². The summed E-state index contributed by atoms with van der Waals surface area (Å²) >= 11 is 0. The average Bonchev–Trinajstić information content (AvgIpc) is 2.90. The molecule has 3 amide bonds.